The normalized spacial score (nSPS) is 13.7. The first kappa shape index (κ1) is 37.7. The van der Waals surface area contributed by atoms with E-state index in [1.54, 1.807) is 72.8 Å². The highest BCUT2D eigenvalue weighted by molar-refractivity contribution is 7.86. The predicted octanol–water partition coefficient (Wildman–Crippen LogP) is 1.35. The molecule has 0 radical (unpaired) electrons. The van der Waals surface area contributed by atoms with Crippen LogP contribution >= 0.6 is 0 Å². The Kier molecular flexibility index (Phi) is 14.5. The molecule has 0 fully saturated rings. The van der Waals surface area contributed by atoms with Crippen molar-refractivity contribution in [3.05, 3.63) is 102 Å². The van der Waals surface area contributed by atoms with Crippen LogP contribution in [0.1, 0.15) is 42.9 Å². The number of unbranched alkanes of at least 4 members (excludes halogenated alkanes) is 1. The Morgan fingerprint density at radius 2 is 1.23 bits per heavy atom. The summed E-state index contributed by atoms with van der Waals surface area (Å²) in [6, 6.07) is 20.5. The van der Waals surface area contributed by atoms with E-state index in [4.69, 9.17) is 5.73 Å². The van der Waals surface area contributed by atoms with Gasteiger partial charge in [-0.15, -0.1) is 0 Å². The van der Waals surface area contributed by atoms with Gasteiger partial charge in [0.2, 0.25) is 23.6 Å². The first-order valence-electron chi connectivity index (χ1n) is 15.6. The van der Waals surface area contributed by atoms with E-state index in [1.165, 1.54) is 12.1 Å². The maximum atomic E-state index is 13.3. The first-order valence-corrected chi connectivity index (χ1v) is 17.1. The van der Waals surface area contributed by atoms with Gasteiger partial charge in [0.25, 0.3) is 10.1 Å². The van der Waals surface area contributed by atoms with Gasteiger partial charge in [-0.3, -0.25) is 23.7 Å². The molecular weight excluding hydrogens is 638 g/mol. The molecule has 0 aliphatic carbocycles. The molecule has 258 valence electrons. The summed E-state index contributed by atoms with van der Waals surface area (Å²) in [4.78, 5) is 52.6. The maximum Gasteiger partial charge on any atom is 0.286 e. The molecule has 1 unspecified atom stereocenters. The number of benzene rings is 3. The lowest BCUT2D eigenvalue weighted by Crippen LogP contribution is -2.56. The molecule has 3 rings (SSSR count). The third-order valence-electron chi connectivity index (χ3n) is 7.48. The van der Waals surface area contributed by atoms with Crippen LogP contribution in [0, 0.1) is 0 Å². The van der Waals surface area contributed by atoms with Gasteiger partial charge in [0.1, 0.15) is 17.8 Å². The van der Waals surface area contributed by atoms with Gasteiger partial charge in [-0.2, -0.15) is 8.42 Å². The summed E-state index contributed by atoms with van der Waals surface area (Å²) in [5, 5.41) is 18.0. The average Bonchev–Trinajstić information content (AvgIpc) is 3.06. The highest BCUT2D eigenvalue weighted by Crippen LogP contribution is 2.12. The van der Waals surface area contributed by atoms with Gasteiger partial charge in [-0.25, -0.2) is 0 Å². The molecule has 4 atom stereocenters. The lowest BCUT2D eigenvalue weighted by Gasteiger charge is -2.23. The molecule has 0 heterocycles. The van der Waals surface area contributed by atoms with Crippen LogP contribution in [0.3, 0.4) is 0 Å². The zero-order valence-corrected chi connectivity index (χ0v) is 27.5. The molecule has 0 aliphatic rings. The summed E-state index contributed by atoms with van der Waals surface area (Å²) in [5.74, 6) is -2.77. The van der Waals surface area contributed by atoms with Crippen LogP contribution in [0.15, 0.2) is 84.9 Å². The van der Waals surface area contributed by atoms with Crippen molar-refractivity contribution in [2.45, 2.75) is 68.9 Å². The number of hydrogen-bond donors (Lipinski definition) is 7. The first-order chi connectivity index (χ1) is 22.8. The zero-order valence-electron chi connectivity index (χ0n) is 26.7. The van der Waals surface area contributed by atoms with E-state index in [-0.39, 0.29) is 31.4 Å². The van der Waals surface area contributed by atoms with Crippen LogP contribution in [0.5, 0.6) is 5.75 Å². The summed E-state index contributed by atoms with van der Waals surface area (Å²) in [5.41, 5.74) is 8.25. The monoisotopic (exact) mass is 681 g/mol. The molecule has 4 amide bonds. The number of rotatable bonds is 18. The number of nitrogens with one attached hydrogen (secondary N) is 4. The number of carbonyl (C=O) groups is 4. The molecule has 0 spiro atoms. The van der Waals surface area contributed by atoms with Gasteiger partial charge in [-0.05, 0) is 41.7 Å². The van der Waals surface area contributed by atoms with Crippen LogP contribution in [0.4, 0.5) is 0 Å². The molecule has 0 aliphatic heterocycles. The number of carbonyl (C=O) groups excluding carboxylic acids is 4. The van der Waals surface area contributed by atoms with Crippen molar-refractivity contribution in [1.29, 1.82) is 0 Å². The van der Waals surface area contributed by atoms with Crippen molar-refractivity contribution in [1.82, 2.24) is 21.3 Å². The Morgan fingerprint density at radius 3 is 1.75 bits per heavy atom. The smallest absolute Gasteiger partial charge is 0.286 e. The van der Waals surface area contributed by atoms with E-state index in [9.17, 15) is 37.3 Å². The number of phenolic OH excluding ortho intramolecular Hbond substituents is 1. The maximum absolute atomic E-state index is 13.3. The lowest BCUT2D eigenvalue weighted by atomic mass is 10.0. The molecule has 48 heavy (non-hydrogen) atoms. The fraction of sp³-hybridized carbons (Fsp3) is 0.353. The van der Waals surface area contributed by atoms with Crippen molar-refractivity contribution in [2.75, 3.05) is 6.54 Å². The van der Waals surface area contributed by atoms with E-state index in [0.717, 1.165) is 5.56 Å². The summed E-state index contributed by atoms with van der Waals surface area (Å²) in [6.07, 6.45) is 1.28. The van der Waals surface area contributed by atoms with E-state index in [1.807, 2.05) is 6.92 Å². The molecule has 8 N–H and O–H groups in total. The summed E-state index contributed by atoms with van der Waals surface area (Å²) in [6.45, 7) is 1.27. The Morgan fingerprint density at radius 1 is 0.708 bits per heavy atom. The molecule has 13 nitrogen and oxygen atoms in total. The molecule has 0 aromatic heterocycles. The number of amides is 4. The molecule has 0 bridgehead atoms. The van der Waals surface area contributed by atoms with E-state index < -0.39 is 63.8 Å². The quantitative estimate of drug-likeness (QED) is 0.0963. The molecular formula is C34H43N5O8S. The zero-order chi connectivity index (χ0) is 35.1. The van der Waals surface area contributed by atoms with Crippen LogP contribution < -0.4 is 27.0 Å². The van der Waals surface area contributed by atoms with Gasteiger partial charge < -0.3 is 32.1 Å². The number of nitrogens with two attached hydrogens (primary N) is 1. The van der Waals surface area contributed by atoms with Crippen LogP contribution in [0.25, 0.3) is 0 Å². The van der Waals surface area contributed by atoms with Crippen molar-refractivity contribution in [2.24, 2.45) is 5.73 Å². The van der Waals surface area contributed by atoms with Crippen LogP contribution in [-0.4, -0.2) is 71.7 Å². The highest BCUT2D eigenvalue weighted by Gasteiger charge is 2.30. The molecule has 3 aromatic rings. The highest BCUT2D eigenvalue weighted by atomic mass is 32.2. The minimum absolute atomic E-state index is 0.00391. The molecule has 3 aromatic carbocycles. The fourth-order valence-corrected chi connectivity index (χ4v) is 5.59. The van der Waals surface area contributed by atoms with Crippen LogP contribution in [0.2, 0.25) is 0 Å². The Hall–Kier alpha value is -4.79. The number of phenols is 1. The van der Waals surface area contributed by atoms with E-state index in [2.05, 4.69) is 21.3 Å². The second-order valence-electron chi connectivity index (χ2n) is 11.4. The molecule has 14 heteroatoms. The van der Waals surface area contributed by atoms with Gasteiger partial charge >= 0.3 is 0 Å². The Bertz CT molecular complexity index is 1610. The van der Waals surface area contributed by atoms with Crippen molar-refractivity contribution < 1.29 is 37.3 Å². The average molecular weight is 682 g/mol. The minimum Gasteiger partial charge on any atom is -0.508 e. The lowest BCUT2D eigenvalue weighted by molar-refractivity contribution is -0.131. The molecule has 0 saturated heterocycles. The second-order valence-corrected chi connectivity index (χ2v) is 13.0. The third-order valence-corrected chi connectivity index (χ3v) is 8.56. The fourth-order valence-electron chi connectivity index (χ4n) is 4.86. The van der Waals surface area contributed by atoms with Gasteiger partial charge in [0.15, 0.2) is 5.37 Å². The largest absolute Gasteiger partial charge is 0.508 e. The van der Waals surface area contributed by atoms with Crippen LogP contribution in [-0.2, 0) is 48.6 Å². The van der Waals surface area contributed by atoms with E-state index in [0.29, 0.717) is 24.0 Å². The summed E-state index contributed by atoms with van der Waals surface area (Å²) >= 11 is 0. The van der Waals surface area contributed by atoms with Crippen molar-refractivity contribution >= 4 is 33.7 Å². The van der Waals surface area contributed by atoms with Gasteiger partial charge in [0.05, 0.1) is 12.6 Å². The van der Waals surface area contributed by atoms with Crippen molar-refractivity contribution in [3.63, 3.8) is 0 Å². The summed E-state index contributed by atoms with van der Waals surface area (Å²) in [7, 11) is -4.61. The predicted molar refractivity (Wildman–Crippen MR) is 180 cm³/mol. The van der Waals surface area contributed by atoms with Gasteiger partial charge in [0, 0.05) is 12.8 Å². The summed E-state index contributed by atoms with van der Waals surface area (Å²) < 4.78 is 33.5. The minimum atomic E-state index is -4.61. The standard InChI is InChI=1S/C34H43N5O8S/c1-2-3-14-31(48(45,46)47)39-34(44)29(21-24-12-8-5-9-13-24)37-30(41)22-36-33(43)28(20-23-10-6-4-7-11-23)38-32(42)27(35)19-25-15-17-26(40)18-16-25/h4-13,15-18,27-29,31,40H,2-3,14,19-22,35H2,1H3,(H,36,43)(H,37,41)(H,38,42)(H,39,44)(H,45,46,47)/t27-,28+,29-,31?/m0/s1. The Balaban J connectivity index is 1.69. The van der Waals surface area contributed by atoms with Crippen molar-refractivity contribution in [3.8, 4) is 5.75 Å². The third kappa shape index (κ3) is 12.8. The Labute approximate surface area is 280 Å². The van der Waals surface area contributed by atoms with Gasteiger partial charge in [-0.1, -0.05) is 92.6 Å². The van der Waals surface area contributed by atoms with E-state index >= 15 is 0 Å². The number of aromatic hydroxyl groups is 1. The molecule has 0 saturated carbocycles. The second kappa shape index (κ2) is 18.5. The topological polar surface area (TPSA) is 217 Å². The number of hydrogen-bond acceptors (Lipinski definition) is 8. The SMILES string of the molecule is CCCCC(NC(=O)[C@H](Cc1ccccc1)NC(=O)CNC(=O)[C@@H](Cc1ccccc1)NC(=O)[C@@H](N)Cc1ccc(O)cc1)S(=O)(=O)O.